The van der Waals surface area contributed by atoms with E-state index in [4.69, 9.17) is 0 Å². The fourth-order valence-corrected chi connectivity index (χ4v) is 4.76. The summed E-state index contributed by atoms with van der Waals surface area (Å²) in [7, 11) is -3.62. The Balaban J connectivity index is 1.88. The highest BCUT2D eigenvalue weighted by Gasteiger charge is 2.38. The van der Waals surface area contributed by atoms with Crippen LogP contribution in [0.4, 0.5) is 0 Å². The van der Waals surface area contributed by atoms with Gasteiger partial charge < -0.3 is 5.11 Å². The predicted octanol–water partition coefficient (Wildman–Crippen LogP) is -0.321. The first-order valence-corrected chi connectivity index (χ1v) is 8.37. The first-order chi connectivity index (χ1) is 9.54. The van der Waals surface area contributed by atoms with Crippen LogP contribution in [0.3, 0.4) is 0 Å². The van der Waals surface area contributed by atoms with Crippen molar-refractivity contribution in [1.29, 1.82) is 0 Å². The highest BCUT2D eigenvalue weighted by molar-refractivity contribution is 7.89. The summed E-state index contributed by atoms with van der Waals surface area (Å²) in [5.74, 6) is 0. The van der Waals surface area contributed by atoms with Crippen molar-refractivity contribution in [3.63, 3.8) is 0 Å². The molecule has 2 aliphatic heterocycles. The Labute approximate surface area is 118 Å². The number of aromatic amines is 1. The second-order valence-corrected chi connectivity index (χ2v) is 7.34. The number of hydrogen-bond acceptors (Lipinski definition) is 5. The number of fused-ring (bicyclic) bond motifs is 1. The number of sulfonamides is 1. The van der Waals surface area contributed by atoms with E-state index in [1.54, 1.807) is 6.92 Å². The second kappa shape index (κ2) is 5.10. The number of aromatic nitrogens is 2. The molecule has 20 heavy (non-hydrogen) atoms. The second-order valence-electron chi connectivity index (χ2n) is 5.49. The molecule has 3 rings (SSSR count). The third kappa shape index (κ3) is 2.16. The van der Waals surface area contributed by atoms with Crippen molar-refractivity contribution in [2.75, 3.05) is 26.2 Å². The quantitative estimate of drug-likeness (QED) is 0.798. The monoisotopic (exact) mass is 300 g/mol. The van der Waals surface area contributed by atoms with Gasteiger partial charge in [-0.2, -0.15) is 9.40 Å². The molecule has 1 aromatic rings. The minimum absolute atomic E-state index is 0.0241. The lowest BCUT2D eigenvalue weighted by Crippen LogP contribution is -2.52. The molecular weight excluding hydrogens is 280 g/mol. The van der Waals surface area contributed by atoms with Crippen LogP contribution in [-0.2, 0) is 16.6 Å². The average molecular weight is 300 g/mol. The Morgan fingerprint density at radius 2 is 2.20 bits per heavy atom. The number of piperazine rings is 1. The molecule has 1 aromatic heterocycles. The van der Waals surface area contributed by atoms with Gasteiger partial charge in [0.25, 0.3) is 10.0 Å². The average Bonchev–Trinajstić information content (AvgIpc) is 3.03. The summed E-state index contributed by atoms with van der Waals surface area (Å²) in [5.41, 5.74) is 0.976. The Hall–Kier alpha value is -0.960. The van der Waals surface area contributed by atoms with Crippen LogP contribution in [0.25, 0.3) is 0 Å². The third-order valence-electron chi connectivity index (χ3n) is 4.33. The van der Waals surface area contributed by atoms with Gasteiger partial charge in [0.05, 0.1) is 6.61 Å². The zero-order valence-corrected chi connectivity index (χ0v) is 12.4. The van der Waals surface area contributed by atoms with Gasteiger partial charge in [-0.1, -0.05) is 0 Å². The Morgan fingerprint density at radius 3 is 2.95 bits per heavy atom. The van der Waals surface area contributed by atoms with Crippen molar-refractivity contribution in [2.24, 2.45) is 0 Å². The summed E-state index contributed by atoms with van der Waals surface area (Å²) in [6.07, 6.45) is 2.19. The minimum atomic E-state index is -3.62. The molecule has 2 N–H and O–H groups in total. The molecule has 0 spiro atoms. The lowest BCUT2D eigenvalue weighted by Gasteiger charge is -2.36. The van der Waals surface area contributed by atoms with E-state index in [1.807, 2.05) is 0 Å². The summed E-state index contributed by atoms with van der Waals surface area (Å²) in [6, 6.07) is 0.330. The van der Waals surface area contributed by atoms with Crippen molar-refractivity contribution in [3.05, 3.63) is 11.3 Å². The lowest BCUT2D eigenvalue weighted by molar-refractivity contribution is 0.158. The van der Waals surface area contributed by atoms with E-state index in [2.05, 4.69) is 15.1 Å². The zero-order chi connectivity index (χ0) is 14.3. The van der Waals surface area contributed by atoms with Gasteiger partial charge in [0.2, 0.25) is 0 Å². The zero-order valence-electron chi connectivity index (χ0n) is 11.5. The SMILES string of the molecule is Cc1[nH]nc(S(=O)(=O)N2CCN3CCCC3C2)c1CO. The fourth-order valence-electron chi connectivity index (χ4n) is 3.13. The van der Waals surface area contributed by atoms with Crippen molar-refractivity contribution in [3.8, 4) is 0 Å². The van der Waals surface area contributed by atoms with Crippen LogP contribution in [0.15, 0.2) is 5.03 Å². The number of H-pyrrole nitrogens is 1. The van der Waals surface area contributed by atoms with Crippen LogP contribution < -0.4 is 0 Å². The van der Waals surface area contributed by atoms with E-state index in [9.17, 15) is 13.5 Å². The molecule has 0 aromatic carbocycles. The summed E-state index contributed by atoms with van der Waals surface area (Å²) < 4.78 is 26.9. The number of rotatable bonds is 3. The Kier molecular flexibility index (Phi) is 3.57. The number of aliphatic hydroxyl groups is 1. The van der Waals surface area contributed by atoms with Gasteiger partial charge >= 0.3 is 0 Å². The fraction of sp³-hybridized carbons (Fsp3) is 0.750. The molecule has 2 saturated heterocycles. The molecule has 1 unspecified atom stereocenters. The highest BCUT2D eigenvalue weighted by Crippen LogP contribution is 2.27. The molecule has 1 atom stereocenters. The van der Waals surface area contributed by atoms with E-state index in [0.29, 0.717) is 30.4 Å². The number of aliphatic hydroxyl groups excluding tert-OH is 1. The molecule has 8 heteroatoms. The number of aryl methyl sites for hydroxylation is 1. The third-order valence-corrected chi connectivity index (χ3v) is 6.17. The van der Waals surface area contributed by atoms with Crippen LogP contribution in [-0.4, -0.2) is 65.1 Å². The molecule has 112 valence electrons. The van der Waals surface area contributed by atoms with Crippen molar-refractivity contribution < 1.29 is 13.5 Å². The van der Waals surface area contributed by atoms with E-state index in [1.165, 1.54) is 4.31 Å². The molecule has 3 heterocycles. The number of nitrogens with zero attached hydrogens (tertiary/aromatic N) is 3. The molecule has 2 aliphatic rings. The summed E-state index contributed by atoms with van der Waals surface area (Å²) in [5, 5.41) is 15.9. The van der Waals surface area contributed by atoms with Crippen LogP contribution in [0.1, 0.15) is 24.1 Å². The predicted molar refractivity (Wildman–Crippen MR) is 72.6 cm³/mol. The van der Waals surface area contributed by atoms with Crippen molar-refractivity contribution >= 4 is 10.0 Å². The molecule has 7 nitrogen and oxygen atoms in total. The van der Waals surface area contributed by atoms with Gasteiger partial charge in [-0.15, -0.1) is 0 Å². The Morgan fingerprint density at radius 1 is 1.40 bits per heavy atom. The molecule has 2 fully saturated rings. The van der Waals surface area contributed by atoms with Gasteiger partial charge in [-0.3, -0.25) is 10.00 Å². The maximum atomic E-state index is 12.7. The largest absolute Gasteiger partial charge is 0.392 e. The van der Waals surface area contributed by atoms with Crippen molar-refractivity contribution in [1.82, 2.24) is 19.4 Å². The molecule has 0 aliphatic carbocycles. The number of nitrogens with one attached hydrogen (secondary N) is 1. The van der Waals surface area contributed by atoms with Gasteiger partial charge in [0, 0.05) is 36.9 Å². The van der Waals surface area contributed by atoms with E-state index in [-0.39, 0.29) is 11.6 Å². The topological polar surface area (TPSA) is 89.5 Å². The molecular formula is C12H20N4O3S. The summed E-state index contributed by atoms with van der Waals surface area (Å²) in [4.78, 5) is 2.36. The standard InChI is InChI=1S/C12H20N4O3S/c1-9-11(8-17)12(14-13-9)20(18,19)16-6-5-15-4-2-3-10(15)7-16/h10,17H,2-8H2,1H3,(H,13,14). The first kappa shape index (κ1) is 14.0. The van der Waals surface area contributed by atoms with Crippen LogP contribution >= 0.6 is 0 Å². The first-order valence-electron chi connectivity index (χ1n) is 6.93. The summed E-state index contributed by atoms with van der Waals surface area (Å²) >= 11 is 0. The van der Waals surface area contributed by atoms with Crippen LogP contribution in [0.2, 0.25) is 0 Å². The maximum absolute atomic E-state index is 12.7. The van der Waals surface area contributed by atoms with E-state index in [0.717, 1.165) is 25.9 Å². The van der Waals surface area contributed by atoms with Gasteiger partial charge in [0.15, 0.2) is 5.03 Å². The smallest absolute Gasteiger partial charge is 0.262 e. The van der Waals surface area contributed by atoms with Crippen LogP contribution in [0.5, 0.6) is 0 Å². The normalized spacial score (nSPS) is 25.0. The Bertz CT molecular complexity index is 598. The molecule has 0 bridgehead atoms. The van der Waals surface area contributed by atoms with Gasteiger partial charge in [0.1, 0.15) is 0 Å². The molecule has 0 saturated carbocycles. The van der Waals surface area contributed by atoms with E-state index >= 15 is 0 Å². The maximum Gasteiger partial charge on any atom is 0.262 e. The van der Waals surface area contributed by atoms with Crippen LogP contribution in [0, 0.1) is 6.92 Å². The van der Waals surface area contributed by atoms with Gasteiger partial charge in [-0.05, 0) is 26.3 Å². The van der Waals surface area contributed by atoms with E-state index < -0.39 is 10.0 Å². The molecule has 0 amide bonds. The molecule has 0 radical (unpaired) electrons. The minimum Gasteiger partial charge on any atom is -0.392 e. The number of hydrogen-bond donors (Lipinski definition) is 2. The van der Waals surface area contributed by atoms with Gasteiger partial charge in [-0.25, -0.2) is 8.42 Å². The van der Waals surface area contributed by atoms with Crippen molar-refractivity contribution in [2.45, 2.75) is 37.4 Å². The highest BCUT2D eigenvalue weighted by atomic mass is 32.2. The summed E-state index contributed by atoms with van der Waals surface area (Å²) in [6.45, 7) is 4.27. The lowest BCUT2D eigenvalue weighted by atomic mass is 10.2.